The Morgan fingerprint density at radius 2 is 2.07 bits per heavy atom. The molecule has 0 bridgehead atoms. The predicted molar refractivity (Wildman–Crippen MR) is 95.1 cm³/mol. The molecular weight excluding hydrogens is 393 g/mol. The summed E-state index contributed by atoms with van der Waals surface area (Å²) >= 11 is 0. The van der Waals surface area contributed by atoms with Gasteiger partial charge < -0.3 is 5.32 Å². The lowest BCUT2D eigenvalue weighted by Gasteiger charge is -2.08. The molecule has 0 radical (unpaired) electrons. The fourth-order valence-corrected chi connectivity index (χ4v) is 3.05. The first kappa shape index (κ1) is 20.8. The standard InChI is InChI=1S/C17H21F3N6O3/c1-11-14(26(28)29)10-22-24(11)8-5-16(27)21-6-2-7-25-13(12-3-4-12)9-15(23-25)17(18,19)20/h9-10,12H,2-8H2,1H3,(H,21,27). The van der Waals surface area contributed by atoms with Gasteiger partial charge in [0, 0.05) is 31.1 Å². The van der Waals surface area contributed by atoms with Gasteiger partial charge in [-0.25, -0.2) is 0 Å². The minimum absolute atomic E-state index is 0.0903. The van der Waals surface area contributed by atoms with Crippen molar-refractivity contribution >= 4 is 11.6 Å². The van der Waals surface area contributed by atoms with Crippen molar-refractivity contribution < 1.29 is 22.9 Å². The van der Waals surface area contributed by atoms with Gasteiger partial charge in [-0.1, -0.05) is 0 Å². The van der Waals surface area contributed by atoms with Crippen LogP contribution in [-0.2, 0) is 24.1 Å². The van der Waals surface area contributed by atoms with Crippen LogP contribution < -0.4 is 5.32 Å². The summed E-state index contributed by atoms with van der Waals surface area (Å²) in [6.07, 6.45) is -1.06. The van der Waals surface area contributed by atoms with Crippen LogP contribution >= 0.6 is 0 Å². The monoisotopic (exact) mass is 414 g/mol. The summed E-state index contributed by atoms with van der Waals surface area (Å²) in [5.41, 5.74) is -0.0181. The van der Waals surface area contributed by atoms with E-state index in [1.54, 1.807) is 6.92 Å². The Balaban J connectivity index is 1.44. The second-order valence-electron chi connectivity index (χ2n) is 7.00. The van der Waals surface area contributed by atoms with Crippen LogP contribution in [0.3, 0.4) is 0 Å². The Morgan fingerprint density at radius 1 is 1.34 bits per heavy atom. The van der Waals surface area contributed by atoms with Gasteiger partial charge >= 0.3 is 11.9 Å². The summed E-state index contributed by atoms with van der Waals surface area (Å²) in [5.74, 6) is -0.129. The summed E-state index contributed by atoms with van der Waals surface area (Å²) in [6, 6.07) is 1.11. The molecule has 2 aromatic heterocycles. The van der Waals surface area contributed by atoms with Crippen LogP contribution in [0.4, 0.5) is 18.9 Å². The Bertz CT molecular complexity index is 901. The first-order valence-corrected chi connectivity index (χ1v) is 9.25. The number of hydrogen-bond acceptors (Lipinski definition) is 5. The van der Waals surface area contributed by atoms with Crippen molar-refractivity contribution in [3.8, 4) is 0 Å². The molecule has 1 aliphatic rings. The number of hydrogen-bond donors (Lipinski definition) is 1. The summed E-state index contributed by atoms with van der Waals surface area (Å²) in [5, 5.41) is 21.1. The quantitative estimate of drug-likeness (QED) is 0.386. The van der Waals surface area contributed by atoms with Crippen molar-refractivity contribution in [3.63, 3.8) is 0 Å². The van der Waals surface area contributed by atoms with E-state index in [1.807, 2.05) is 0 Å². The average Bonchev–Trinajstić information content (AvgIpc) is 3.27. The summed E-state index contributed by atoms with van der Waals surface area (Å²) in [4.78, 5) is 22.2. The number of nitrogens with zero attached hydrogens (tertiary/aromatic N) is 5. The van der Waals surface area contributed by atoms with Crippen molar-refractivity contribution in [2.75, 3.05) is 6.54 Å². The number of alkyl halides is 3. The summed E-state index contributed by atoms with van der Waals surface area (Å²) < 4.78 is 41.4. The molecule has 1 fully saturated rings. The fraction of sp³-hybridized carbons (Fsp3) is 0.588. The van der Waals surface area contributed by atoms with E-state index in [1.165, 1.54) is 9.36 Å². The number of halogens is 3. The van der Waals surface area contributed by atoms with E-state index in [2.05, 4.69) is 15.5 Å². The number of carbonyl (C=O) groups excluding carboxylic acids is 1. The van der Waals surface area contributed by atoms with Crippen LogP contribution in [0, 0.1) is 17.0 Å². The molecule has 1 amide bonds. The Kier molecular flexibility index (Phi) is 5.89. The average molecular weight is 414 g/mol. The Hall–Kier alpha value is -2.92. The maximum Gasteiger partial charge on any atom is 0.435 e. The molecule has 0 saturated heterocycles. The Labute approximate surface area is 164 Å². The van der Waals surface area contributed by atoms with Gasteiger partial charge in [0.1, 0.15) is 11.9 Å². The van der Waals surface area contributed by atoms with Crippen LogP contribution in [0.25, 0.3) is 0 Å². The van der Waals surface area contributed by atoms with Gasteiger partial charge in [0.25, 0.3) is 0 Å². The van der Waals surface area contributed by atoms with E-state index >= 15 is 0 Å². The van der Waals surface area contributed by atoms with E-state index in [-0.39, 0.29) is 37.0 Å². The largest absolute Gasteiger partial charge is 0.435 e. The van der Waals surface area contributed by atoms with Crippen molar-refractivity contribution in [1.82, 2.24) is 24.9 Å². The number of aromatic nitrogens is 4. The minimum atomic E-state index is -4.47. The Morgan fingerprint density at radius 3 is 2.66 bits per heavy atom. The lowest BCUT2D eigenvalue weighted by Crippen LogP contribution is -2.26. The minimum Gasteiger partial charge on any atom is -0.356 e. The van der Waals surface area contributed by atoms with Crippen LogP contribution in [0.5, 0.6) is 0 Å². The van der Waals surface area contributed by atoms with E-state index < -0.39 is 16.8 Å². The van der Waals surface area contributed by atoms with Gasteiger partial charge in [0.2, 0.25) is 5.91 Å². The van der Waals surface area contributed by atoms with Gasteiger partial charge in [-0.2, -0.15) is 23.4 Å². The highest BCUT2D eigenvalue weighted by atomic mass is 19.4. The van der Waals surface area contributed by atoms with Gasteiger partial charge in [-0.15, -0.1) is 0 Å². The fourth-order valence-electron chi connectivity index (χ4n) is 3.05. The zero-order chi connectivity index (χ0) is 21.2. The predicted octanol–water partition coefficient (Wildman–Crippen LogP) is 2.79. The van der Waals surface area contributed by atoms with Crippen LogP contribution in [0.2, 0.25) is 0 Å². The number of nitro groups is 1. The number of rotatable bonds is 9. The van der Waals surface area contributed by atoms with Crippen molar-refractivity contribution in [2.24, 2.45) is 0 Å². The second-order valence-corrected chi connectivity index (χ2v) is 7.00. The van der Waals surface area contributed by atoms with E-state index in [0.717, 1.165) is 25.1 Å². The van der Waals surface area contributed by atoms with Gasteiger partial charge in [-0.05, 0) is 32.3 Å². The highest BCUT2D eigenvalue weighted by Gasteiger charge is 2.37. The van der Waals surface area contributed by atoms with E-state index in [9.17, 15) is 28.1 Å². The molecule has 2 heterocycles. The molecule has 0 atom stereocenters. The van der Waals surface area contributed by atoms with Crippen molar-refractivity contribution in [2.45, 2.75) is 57.8 Å². The molecule has 158 valence electrons. The number of amides is 1. The lowest BCUT2D eigenvalue weighted by molar-refractivity contribution is -0.385. The molecule has 1 saturated carbocycles. The molecular formula is C17H21F3N6O3. The second kappa shape index (κ2) is 8.21. The van der Waals surface area contributed by atoms with Crippen LogP contribution in [0.15, 0.2) is 12.3 Å². The maximum atomic E-state index is 12.9. The van der Waals surface area contributed by atoms with Gasteiger partial charge in [0.05, 0.1) is 11.5 Å². The molecule has 2 aromatic rings. The third-order valence-corrected chi connectivity index (χ3v) is 4.79. The highest BCUT2D eigenvalue weighted by molar-refractivity contribution is 5.75. The first-order chi connectivity index (χ1) is 13.7. The van der Waals surface area contributed by atoms with Crippen LogP contribution in [0.1, 0.15) is 48.7 Å². The zero-order valence-corrected chi connectivity index (χ0v) is 15.8. The lowest BCUT2D eigenvalue weighted by atomic mass is 10.2. The van der Waals surface area contributed by atoms with E-state index in [4.69, 9.17) is 0 Å². The zero-order valence-electron chi connectivity index (χ0n) is 15.8. The van der Waals surface area contributed by atoms with Crippen molar-refractivity contribution in [3.05, 3.63) is 39.5 Å². The highest BCUT2D eigenvalue weighted by Crippen LogP contribution is 2.42. The third-order valence-electron chi connectivity index (χ3n) is 4.79. The van der Waals surface area contributed by atoms with Gasteiger partial charge in [-0.3, -0.25) is 24.3 Å². The number of carbonyl (C=O) groups is 1. The molecule has 0 aliphatic heterocycles. The van der Waals surface area contributed by atoms with E-state index in [0.29, 0.717) is 24.4 Å². The number of aryl methyl sites for hydroxylation is 2. The van der Waals surface area contributed by atoms with Crippen molar-refractivity contribution in [1.29, 1.82) is 0 Å². The normalized spacial score (nSPS) is 14.2. The smallest absolute Gasteiger partial charge is 0.356 e. The molecule has 29 heavy (non-hydrogen) atoms. The third kappa shape index (κ3) is 5.12. The molecule has 9 nitrogen and oxygen atoms in total. The molecule has 1 N–H and O–H groups in total. The molecule has 0 spiro atoms. The van der Waals surface area contributed by atoms with Gasteiger partial charge in [0.15, 0.2) is 5.69 Å². The molecule has 1 aliphatic carbocycles. The number of nitrogens with one attached hydrogen (secondary N) is 1. The molecule has 0 aromatic carbocycles. The topological polar surface area (TPSA) is 108 Å². The summed E-state index contributed by atoms with van der Waals surface area (Å²) in [7, 11) is 0. The van der Waals surface area contributed by atoms with Crippen LogP contribution in [-0.4, -0.2) is 36.9 Å². The first-order valence-electron chi connectivity index (χ1n) is 9.25. The SMILES string of the molecule is Cc1c([N+](=O)[O-])cnn1CCC(=O)NCCCn1nc(C(F)(F)F)cc1C1CC1. The maximum absolute atomic E-state index is 12.9. The molecule has 3 rings (SSSR count). The molecule has 12 heteroatoms. The summed E-state index contributed by atoms with van der Waals surface area (Å²) in [6.45, 7) is 2.33. The molecule has 0 unspecified atom stereocenters.